The van der Waals surface area contributed by atoms with Gasteiger partial charge in [-0.2, -0.15) is 0 Å². The van der Waals surface area contributed by atoms with E-state index in [-0.39, 0.29) is 0 Å². The number of nitrogens with one attached hydrogen (secondary N) is 1. The second-order valence-electron chi connectivity index (χ2n) is 6.83. The topological polar surface area (TPSA) is 15.3 Å². The zero-order chi connectivity index (χ0) is 13.0. The smallest absolute Gasteiger partial charge is 0.0220 e. The van der Waals surface area contributed by atoms with Crippen molar-refractivity contribution in [3.63, 3.8) is 0 Å². The van der Waals surface area contributed by atoms with Crippen molar-refractivity contribution in [1.29, 1.82) is 0 Å². The van der Waals surface area contributed by atoms with Crippen LogP contribution >= 0.6 is 0 Å². The maximum atomic E-state index is 3.56. The summed E-state index contributed by atoms with van der Waals surface area (Å²) in [5, 5.41) is 3.56. The predicted molar refractivity (Wildman–Crippen MR) is 78.9 cm³/mol. The summed E-state index contributed by atoms with van der Waals surface area (Å²) < 4.78 is 0. The van der Waals surface area contributed by atoms with Crippen molar-refractivity contribution < 1.29 is 0 Å². The zero-order valence-electron chi connectivity index (χ0n) is 12.6. The maximum Gasteiger partial charge on any atom is 0.0220 e. The van der Waals surface area contributed by atoms with Gasteiger partial charge in [0, 0.05) is 18.6 Å². The normalized spacial score (nSPS) is 34.8. The molecule has 1 saturated heterocycles. The van der Waals surface area contributed by atoms with E-state index in [1.165, 1.54) is 58.0 Å². The van der Waals surface area contributed by atoms with Crippen LogP contribution in [-0.2, 0) is 0 Å². The average molecular weight is 252 g/mol. The van der Waals surface area contributed by atoms with Gasteiger partial charge in [-0.05, 0) is 57.5 Å². The highest BCUT2D eigenvalue weighted by atomic mass is 15.2. The molecule has 18 heavy (non-hydrogen) atoms. The Balaban J connectivity index is 1.84. The number of piperidine rings is 1. The first-order valence-corrected chi connectivity index (χ1v) is 8.11. The van der Waals surface area contributed by atoms with Crippen LogP contribution < -0.4 is 5.32 Å². The molecule has 1 saturated carbocycles. The molecule has 2 fully saturated rings. The quantitative estimate of drug-likeness (QED) is 0.776. The van der Waals surface area contributed by atoms with Gasteiger partial charge in [-0.25, -0.2) is 0 Å². The Kier molecular flexibility index (Phi) is 5.50. The Morgan fingerprint density at radius 2 is 1.72 bits per heavy atom. The molecule has 2 aliphatic rings. The van der Waals surface area contributed by atoms with Crippen LogP contribution in [0.3, 0.4) is 0 Å². The summed E-state index contributed by atoms with van der Waals surface area (Å²) in [4.78, 5) is 2.70. The molecule has 0 aromatic heterocycles. The first-order valence-electron chi connectivity index (χ1n) is 8.11. The van der Waals surface area contributed by atoms with Gasteiger partial charge in [-0.3, -0.25) is 4.90 Å². The van der Waals surface area contributed by atoms with Gasteiger partial charge in [-0.1, -0.05) is 26.7 Å². The predicted octanol–water partition coefficient (Wildman–Crippen LogP) is 3.28. The SMILES string of the molecule is CC(C)C1CCCC(N(C)C2CCCNC2)CC1. The summed E-state index contributed by atoms with van der Waals surface area (Å²) in [6.07, 6.45) is 9.96. The summed E-state index contributed by atoms with van der Waals surface area (Å²) >= 11 is 0. The number of rotatable bonds is 3. The van der Waals surface area contributed by atoms with E-state index in [2.05, 4.69) is 31.1 Å². The van der Waals surface area contributed by atoms with Gasteiger partial charge in [0.15, 0.2) is 0 Å². The van der Waals surface area contributed by atoms with Gasteiger partial charge in [0.25, 0.3) is 0 Å². The van der Waals surface area contributed by atoms with Crippen LogP contribution in [0.5, 0.6) is 0 Å². The van der Waals surface area contributed by atoms with Crippen LogP contribution in [0.2, 0.25) is 0 Å². The van der Waals surface area contributed by atoms with Gasteiger partial charge in [0.05, 0.1) is 0 Å². The van der Waals surface area contributed by atoms with Crippen molar-refractivity contribution in [1.82, 2.24) is 10.2 Å². The molecule has 1 N–H and O–H groups in total. The minimum Gasteiger partial charge on any atom is -0.315 e. The van der Waals surface area contributed by atoms with Gasteiger partial charge < -0.3 is 5.32 Å². The molecular formula is C16H32N2. The van der Waals surface area contributed by atoms with Crippen LogP contribution in [0.25, 0.3) is 0 Å². The Labute approximate surface area is 114 Å². The maximum absolute atomic E-state index is 3.56. The van der Waals surface area contributed by atoms with Crippen molar-refractivity contribution in [2.24, 2.45) is 11.8 Å². The number of hydrogen-bond acceptors (Lipinski definition) is 2. The van der Waals surface area contributed by atoms with Gasteiger partial charge in [0.2, 0.25) is 0 Å². The summed E-state index contributed by atoms with van der Waals surface area (Å²) in [7, 11) is 2.37. The monoisotopic (exact) mass is 252 g/mol. The summed E-state index contributed by atoms with van der Waals surface area (Å²) in [6, 6.07) is 1.64. The molecule has 0 spiro atoms. The third-order valence-electron chi connectivity index (χ3n) is 5.35. The number of hydrogen-bond donors (Lipinski definition) is 1. The van der Waals surface area contributed by atoms with Crippen molar-refractivity contribution >= 4 is 0 Å². The van der Waals surface area contributed by atoms with E-state index in [0.29, 0.717) is 0 Å². The molecule has 0 aromatic rings. The van der Waals surface area contributed by atoms with Crippen LogP contribution in [0, 0.1) is 11.8 Å². The molecule has 2 nitrogen and oxygen atoms in total. The minimum absolute atomic E-state index is 0.791. The third-order valence-corrected chi connectivity index (χ3v) is 5.35. The largest absolute Gasteiger partial charge is 0.315 e. The molecule has 0 amide bonds. The highest BCUT2D eigenvalue weighted by molar-refractivity contribution is 4.84. The number of likely N-dealkylation sites (N-methyl/N-ethyl adjacent to an activating group) is 1. The molecule has 106 valence electrons. The van der Waals surface area contributed by atoms with Crippen LogP contribution in [0.4, 0.5) is 0 Å². The summed E-state index contributed by atoms with van der Waals surface area (Å²) in [5.41, 5.74) is 0. The van der Waals surface area contributed by atoms with Crippen LogP contribution in [0.1, 0.15) is 58.8 Å². The third kappa shape index (κ3) is 3.71. The molecule has 0 aromatic carbocycles. The average Bonchev–Trinajstić information content (AvgIpc) is 2.64. The lowest BCUT2D eigenvalue weighted by molar-refractivity contribution is 0.133. The lowest BCUT2D eigenvalue weighted by Gasteiger charge is -2.37. The fourth-order valence-electron chi connectivity index (χ4n) is 3.86. The molecule has 3 atom stereocenters. The molecular weight excluding hydrogens is 220 g/mol. The van der Waals surface area contributed by atoms with E-state index in [0.717, 1.165) is 23.9 Å². The fourth-order valence-corrected chi connectivity index (χ4v) is 3.86. The van der Waals surface area contributed by atoms with Crippen molar-refractivity contribution in [3.8, 4) is 0 Å². The van der Waals surface area contributed by atoms with Gasteiger partial charge in [0.1, 0.15) is 0 Å². The van der Waals surface area contributed by atoms with Crippen LogP contribution in [0.15, 0.2) is 0 Å². The van der Waals surface area contributed by atoms with E-state index in [1.807, 2.05) is 0 Å². The first kappa shape index (κ1) is 14.3. The molecule has 0 bridgehead atoms. The molecule has 0 radical (unpaired) electrons. The summed E-state index contributed by atoms with van der Waals surface area (Å²) in [5.74, 6) is 1.86. The van der Waals surface area contributed by atoms with Crippen LogP contribution in [-0.4, -0.2) is 37.1 Å². The Hall–Kier alpha value is -0.0800. The van der Waals surface area contributed by atoms with Crippen molar-refractivity contribution in [3.05, 3.63) is 0 Å². The van der Waals surface area contributed by atoms with E-state index in [4.69, 9.17) is 0 Å². The Morgan fingerprint density at radius 1 is 0.944 bits per heavy atom. The highest BCUT2D eigenvalue weighted by Crippen LogP contribution is 2.31. The molecule has 2 rings (SSSR count). The van der Waals surface area contributed by atoms with E-state index >= 15 is 0 Å². The Morgan fingerprint density at radius 3 is 2.39 bits per heavy atom. The fraction of sp³-hybridized carbons (Fsp3) is 1.00. The zero-order valence-corrected chi connectivity index (χ0v) is 12.6. The Bertz CT molecular complexity index is 233. The van der Waals surface area contributed by atoms with Crippen molar-refractivity contribution in [2.45, 2.75) is 70.9 Å². The minimum atomic E-state index is 0.791. The van der Waals surface area contributed by atoms with Gasteiger partial charge in [-0.15, -0.1) is 0 Å². The second-order valence-corrected chi connectivity index (χ2v) is 6.83. The first-order chi connectivity index (χ1) is 8.68. The lowest BCUT2D eigenvalue weighted by Crippen LogP contribution is -2.48. The standard InChI is InChI=1S/C16H32N2/c1-13(2)14-6-4-7-15(10-9-14)18(3)16-8-5-11-17-12-16/h13-17H,4-12H2,1-3H3. The molecule has 3 unspecified atom stereocenters. The van der Waals surface area contributed by atoms with Crippen molar-refractivity contribution in [2.75, 3.05) is 20.1 Å². The molecule has 1 aliphatic heterocycles. The van der Waals surface area contributed by atoms with E-state index < -0.39 is 0 Å². The molecule has 2 heteroatoms. The highest BCUT2D eigenvalue weighted by Gasteiger charge is 2.27. The number of nitrogens with zero attached hydrogens (tertiary/aromatic N) is 1. The summed E-state index contributed by atoms with van der Waals surface area (Å²) in [6.45, 7) is 7.24. The molecule has 1 aliphatic carbocycles. The van der Waals surface area contributed by atoms with E-state index in [9.17, 15) is 0 Å². The van der Waals surface area contributed by atoms with Gasteiger partial charge >= 0.3 is 0 Å². The molecule has 1 heterocycles. The van der Waals surface area contributed by atoms with E-state index in [1.54, 1.807) is 0 Å². The second kappa shape index (κ2) is 6.91. The lowest BCUT2D eigenvalue weighted by atomic mass is 9.89.